The molecule has 2 aromatic carbocycles. The molecule has 0 saturated carbocycles. The van der Waals surface area contributed by atoms with Gasteiger partial charge in [0.15, 0.2) is 0 Å². The van der Waals surface area contributed by atoms with Gasteiger partial charge in [-0.2, -0.15) is 0 Å². The minimum atomic E-state index is -0.130. The molecule has 0 aliphatic rings. The first kappa shape index (κ1) is 20.4. The van der Waals surface area contributed by atoms with Gasteiger partial charge in [0, 0.05) is 18.5 Å². The maximum absolute atomic E-state index is 11.7. The highest BCUT2D eigenvalue weighted by atomic mass is 16.5. The Kier molecular flexibility index (Phi) is 6.85. The second-order valence-corrected chi connectivity index (χ2v) is 6.90. The molecule has 3 rings (SSSR count). The van der Waals surface area contributed by atoms with E-state index in [1.54, 1.807) is 6.92 Å². The number of allylic oxidation sites excluding steroid dienone is 1. The fourth-order valence-electron chi connectivity index (χ4n) is 3.22. The van der Waals surface area contributed by atoms with Crippen LogP contribution in [0.2, 0.25) is 0 Å². The van der Waals surface area contributed by atoms with E-state index < -0.39 is 0 Å². The number of carbonyl (C=O) groups excluding carboxylic acids is 1. The lowest BCUT2D eigenvalue weighted by molar-refractivity contribution is -0.117. The van der Waals surface area contributed by atoms with Gasteiger partial charge < -0.3 is 14.6 Å². The van der Waals surface area contributed by atoms with Gasteiger partial charge in [-0.3, -0.25) is 4.79 Å². The summed E-state index contributed by atoms with van der Waals surface area (Å²) in [6, 6.07) is 16.1. The van der Waals surface area contributed by atoms with Crippen LogP contribution >= 0.6 is 0 Å². The van der Waals surface area contributed by atoms with Crippen molar-refractivity contribution in [3.8, 4) is 5.75 Å². The normalized spacial score (nSPS) is 10.7. The van der Waals surface area contributed by atoms with Gasteiger partial charge in [0.2, 0.25) is 5.91 Å². The Morgan fingerprint density at radius 1 is 1.21 bits per heavy atom. The third kappa shape index (κ3) is 5.13. The van der Waals surface area contributed by atoms with Crippen LogP contribution in [0.1, 0.15) is 18.3 Å². The van der Waals surface area contributed by atoms with Gasteiger partial charge >= 0.3 is 0 Å². The number of nitrogens with zero attached hydrogens (tertiary/aromatic N) is 2. The van der Waals surface area contributed by atoms with Crippen LogP contribution in [0.15, 0.2) is 73.3 Å². The first-order valence-electron chi connectivity index (χ1n) is 9.79. The molecule has 29 heavy (non-hydrogen) atoms. The predicted molar refractivity (Wildman–Crippen MR) is 117 cm³/mol. The number of amides is 1. The summed E-state index contributed by atoms with van der Waals surface area (Å²) in [6.45, 7) is 10.9. The molecule has 1 amide bonds. The summed E-state index contributed by atoms with van der Waals surface area (Å²) >= 11 is 0. The molecule has 150 valence electrons. The molecule has 0 aliphatic carbocycles. The lowest BCUT2D eigenvalue weighted by atomic mass is 10.1. The highest BCUT2D eigenvalue weighted by Gasteiger charge is 2.11. The third-order valence-corrected chi connectivity index (χ3v) is 4.66. The van der Waals surface area contributed by atoms with Gasteiger partial charge in [-0.25, -0.2) is 4.98 Å². The number of aromatic nitrogens is 2. The SMILES string of the molecule is C=CCc1ccccc1OCCn1c(CCNC(=O)C(=C)C)nc2ccccc21. The fraction of sp³-hybridized carbons (Fsp3) is 0.250. The van der Waals surface area contributed by atoms with Crippen molar-refractivity contribution >= 4 is 16.9 Å². The molecule has 0 fully saturated rings. The number of imidazole rings is 1. The molecule has 0 atom stereocenters. The Hall–Kier alpha value is -3.34. The van der Waals surface area contributed by atoms with Gasteiger partial charge in [0.1, 0.15) is 18.2 Å². The molecule has 3 aromatic rings. The summed E-state index contributed by atoms with van der Waals surface area (Å²) in [6.07, 6.45) is 3.29. The van der Waals surface area contributed by atoms with E-state index in [-0.39, 0.29) is 5.91 Å². The molecular formula is C24H27N3O2. The summed E-state index contributed by atoms with van der Waals surface area (Å²) in [4.78, 5) is 16.5. The van der Waals surface area contributed by atoms with E-state index in [0.717, 1.165) is 34.6 Å². The van der Waals surface area contributed by atoms with Crippen molar-refractivity contribution in [2.75, 3.05) is 13.2 Å². The largest absolute Gasteiger partial charge is 0.491 e. The summed E-state index contributed by atoms with van der Waals surface area (Å²) in [5, 5.41) is 2.87. The summed E-state index contributed by atoms with van der Waals surface area (Å²) in [5.74, 6) is 1.68. The number of para-hydroxylation sites is 3. The quantitative estimate of drug-likeness (QED) is 0.420. The van der Waals surface area contributed by atoms with Crippen molar-refractivity contribution in [3.05, 3.63) is 84.7 Å². The average molecular weight is 389 g/mol. The number of carbonyl (C=O) groups is 1. The number of benzene rings is 2. The number of hydrogen-bond acceptors (Lipinski definition) is 3. The van der Waals surface area contributed by atoms with Crippen LogP contribution in [-0.4, -0.2) is 28.6 Å². The predicted octanol–water partition coefficient (Wildman–Crippen LogP) is 4.08. The van der Waals surface area contributed by atoms with E-state index >= 15 is 0 Å². The van der Waals surface area contributed by atoms with E-state index in [4.69, 9.17) is 9.72 Å². The Labute approximate surface area is 171 Å². The van der Waals surface area contributed by atoms with E-state index in [9.17, 15) is 4.79 Å². The minimum absolute atomic E-state index is 0.130. The van der Waals surface area contributed by atoms with Crippen LogP contribution in [-0.2, 0) is 24.2 Å². The zero-order valence-corrected chi connectivity index (χ0v) is 16.9. The van der Waals surface area contributed by atoms with Crippen LogP contribution in [0.25, 0.3) is 11.0 Å². The number of hydrogen-bond donors (Lipinski definition) is 1. The molecule has 0 saturated heterocycles. The number of ether oxygens (including phenoxy) is 1. The maximum atomic E-state index is 11.7. The van der Waals surface area contributed by atoms with Gasteiger partial charge in [0.25, 0.3) is 0 Å². The molecular weight excluding hydrogens is 362 g/mol. The smallest absolute Gasteiger partial charge is 0.246 e. The van der Waals surface area contributed by atoms with E-state index in [0.29, 0.717) is 31.7 Å². The van der Waals surface area contributed by atoms with E-state index in [2.05, 4.69) is 35.2 Å². The Morgan fingerprint density at radius 2 is 1.97 bits per heavy atom. The van der Waals surface area contributed by atoms with Crippen molar-refractivity contribution in [1.29, 1.82) is 0 Å². The second-order valence-electron chi connectivity index (χ2n) is 6.90. The van der Waals surface area contributed by atoms with Crippen molar-refractivity contribution < 1.29 is 9.53 Å². The molecule has 0 bridgehead atoms. The van der Waals surface area contributed by atoms with Crippen molar-refractivity contribution in [2.24, 2.45) is 0 Å². The second kappa shape index (κ2) is 9.73. The number of rotatable bonds is 10. The van der Waals surface area contributed by atoms with E-state index in [1.165, 1.54) is 0 Å². The van der Waals surface area contributed by atoms with Crippen molar-refractivity contribution in [2.45, 2.75) is 26.3 Å². The van der Waals surface area contributed by atoms with Gasteiger partial charge in [0.05, 0.1) is 17.6 Å². The molecule has 1 N–H and O–H groups in total. The third-order valence-electron chi connectivity index (χ3n) is 4.66. The van der Waals surface area contributed by atoms with Crippen LogP contribution in [0.3, 0.4) is 0 Å². The summed E-state index contributed by atoms with van der Waals surface area (Å²) in [7, 11) is 0. The van der Waals surface area contributed by atoms with Crippen LogP contribution in [0.5, 0.6) is 5.75 Å². The van der Waals surface area contributed by atoms with Crippen LogP contribution in [0, 0.1) is 0 Å². The molecule has 1 heterocycles. The molecule has 0 aliphatic heterocycles. The first-order valence-corrected chi connectivity index (χ1v) is 9.79. The minimum Gasteiger partial charge on any atom is -0.491 e. The number of nitrogens with one attached hydrogen (secondary N) is 1. The first-order chi connectivity index (χ1) is 14.1. The standard InChI is InChI=1S/C24H27N3O2/c1-4-9-19-10-5-8-13-22(19)29-17-16-27-21-12-7-6-11-20(21)26-23(27)14-15-25-24(28)18(2)3/h4-8,10-13H,1-2,9,14-17H2,3H3,(H,25,28). The monoisotopic (exact) mass is 389 g/mol. The van der Waals surface area contributed by atoms with Crippen LogP contribution < -0.4 is 10.1 Å². The topological polar surface area (TPSA) is 56.1 Å². The summed E-state index contributed by atoms with van der Waals surface area (Å²) in [5.41, 5.74) is 3.64. The molecule has 0 spiro atoms. The fourth-order valence-corrected chi connectivity index (χ4v) is 3.22. The van der Waals surface area contributed by atoms with Gasteiger partial charge in [-0.1, -0.05) is 43.0 Å². The molecule has 1 aromatic heterocycles. The number of fused-ring (bicyclic) bond motifs is 1. The molecule has 5 heteroatoms. The zero-order valence-electron chi connectivity index (χ0n) is 16.9. The van der Waals surface area contributed by atoms with Crippen LogP contribution in [0.4, 0.5) is 0 Å². The average Bonchev–Trinajstić information content (AvgIpc) is 3.07. The van der Waals surface area contributed by atoms with Gasteiger partial charge in [-0.05, 0) is 37.1 Å². The maximum Gasteiger partial charge on any atom is 0.246 e. The van der Waals surface area contributed by atoms with Crippen molar-refractivity contribution in [3.63, 3.8) is 0 Å². The van der Waals surface area contributed by atoms with Crippen molar-refractivity contribution in [1.82, 2.24) is 14.9 Å². The highest BCUT2D eigenvalue weighted by molar-refractivity contribution is 5.92. The highest BCUT2D eigenvalue weighted by Crippen LogP contribution is 2.20. The van der Waals surface area contributed by atoms with Gasteiger partial charge in [-0.15, -0.1) is 6.58 Å². The Bertz CT molecular complexity index is 1020. The molecule has 5 nitrogen and oxygen atoms in total. The zero-order chi connectivity index (χ0) is 20.6. The lowest BCUT2D eigenvalue weighted by Gasteiger charge is -2.13. The lowest BCUT2D eigenvalue weighted by Crippen LogP contribution is -2.27. The molecule has 0 unspecified atom stereocenters. The Balaban J connectivity index is 1.71. The molecule has 0 radical (unpaired) electrons. The Morgan fingerprint density at radius 3 is 2.76 bits per heavy atom. The summed E-state index contributed by atoms with van der Waals surface area (Å²) < 4.78 is 8.23. The van der Waals surface area contributed by atoms with E-state index in [1.807, 2.05) is 42.5 Å².